The van der Waals surface area contributed by atoms with Crippen LogP contribution in [0.15, 0.2) is 34.6 Å². The van der Waals surface area contributed by atoms with Crippen LogP contribution in [0.3, 0.4) is 0 Å². The maximum atomic E-state index is 12.9. The third-order valence-corrected chi connectivity index (χ3v) is 6.61. The molecular formula is C17H25N5O4S2. The Bertz CT molecular complexity index is 872. The summed E-state index contributed by atoms with van der Waals surface area (Å²) in [6, 6.07) is 4.71. The molecule has 1 amide bonds. The average molecular weight is 428 g/mol. The number of benzene rings is 1. The molecule has 154 valence electrons. The molecule has 28 heavy (non-hydrogen) atoms. The maximum absolute atomic E-state index is 12.9. The third kappa shape index (κ3) is 5.94. The van der Waals surface area contributed by atoms with Crippen LogP contribution >= 0.6 is 11.8 Å². The minimum Gasteiger partial charge on any atom is -0.494 e. The smallest absolute Gasteiger partial charge is 0.243 e. The number of H-pyrrole nitrogens is 1. The van der Waals surface area contributed by atoms with Gasteiger partial charge in [-0.25, -0.2) is 13.4 Å². The summed E-state index contributed by atoms with van der Waals surface area (Å²) >= 11 is 1.42. The highest BCUT2D eigenvalue weighted by Gasteiger charge is 2.25. The van der Waals surface area contributed by atoms with Gasteiger partial charge in [-0.2, -0.15) is 9.40 Å². The Morgan fingerprint density at radius 2 is 2.14 bits per heavy atom. The number of hydrogen-bond donors (Lipinski definition) is 2. The highest BCUT2D eigenvalue weighted by atomic mass is 32.2. The topological polar surface area (TPSA) is 117 Å². The van der Waals surface area contributed by atoms with E-state index < -0.39 is 10.0 Å². The van der Waals surface area contributed by atoms with E-state index in [9.17, 15) is 13.2 Å². The van der Waals surface area contributed by atoms with Crippen molar-refractivity contribution in [2.75, 3.05) is 32.0 Å². The quantitative estimate of drug-likeness (QED) is 0.411. The Morgan fingerprint density at radius 1 is 1.36 bits per heavy atom. The Morgan fingerprint density at radius 3 is 2.75 bits per heavy atom. The predicted octanol–water partition coefficient (Wildman–Crippen LogP) is 1.43. The number of carbonyl (C=O) groups is 1. The van der Waals surface area contributed by atoms with E-state index in [2.05, 4.69) is 20.5 Å². The van der Waals surface area contributed by atoms with Gasteiger partial charge < -0.3 is 10.1 Å². The Kier molecular flexibility index (Phi) is 8.27. The fourth-order valence-corrected chi connectivity index (χ4v) is 4.56. The monoisotopic (exact) mass is 427 g/mol. The van der Waals surface area contributed by atoms with E-state index in [0.29, 0.717) is 29.8 Å². The van der Waals surface area contributed by atoms with Crippen LogP contribution < -0.4 is 10.1 Å². The van der Waals surface area contributed by atoms with Gasteiger partial charge in [0.25, 0.3) is 0 Å². The Balaban J connectivity index is 1.94. The van der Waals surface area contributed by atoms with Gasteiger partial charge in [0.05, 0.1) is 18.0 Å². The van der Waals surface area contributed by atoms with Crippen molar-refractivity contribution in [1.29, 1.82) is 0 Å². The number of amides is 1. The second-order valence-electron chi connectivity index (χ2n) is 5.78. The molecule has 0 atom stereocenters. The first-order chi connectivity index (χ1) is 13.4. The van der Waals surface area contributed by atoms with E-state index in [1.54, 1.807) is 26.0 Å². The zero-order valence-corrected chi connectivity index (χ0v) is 17.8. The standard InChI is InChI=1S/C17H25N5O4S2/c1-4-22(11-16(23)18-8-9-27-17-19-12-20-21-17)28(24,25)14-6-7-15(26-5-2)13(3)10-14/h6-7,10,12H,4-5,8-9,11H2,1-3H3,(H,18,23)(H,19,20,21). The van der Waals surface area contributed by atoms with Crippen molar-refractivity contribution >= 4 is 27.7 Å². The summed E-state index contributed by atoms with van der Waals surface area (Å²) in [6.07, 6.45) is 1.41. The number of nitrogens with zero attached hydrogens (tertiary/aromatic N) is 3. The van der Waals surface area contributed by atoms with Gasteiger partial charge >= 0.3 is 0 Å². The van der Waals surface area contributed by atoms with Crippen LogP contribution in [-0.2, 0) is 14.8 Å². The fraction of sp³-hybridized carbons (Fsp3) is 0.471. The maximum Gasteiger partial charge on any atom is 0.243 e. The molecule has 0 aliphatic carbocycles. The molecule has 0 saturated carbocycles. The van der Waals surface area contributed by atoms with Crippen molar-refractivity contribution < 1.29 is 17.9 Å². The zero-order chi connectivity index (χ0) is 20.6. The fourth-order valence-electron chi connectivity index (χ4n) is 2.43. The molecule has 2 rings (SSSR count). The Labute approximate surface area is 169 Å². The molecule has 0 bridgehead atoms. The lowest BCUT2D eigenvalue weighted by molar-refractivity contribution is -0.121. The van der Waals surface area contributed by atoms with Crippen LogP contribution in [0, 0.1) is 6.92 Å². The van der Waals surface area contributed by atoms with Gasteiger partial charge in [0, 0.05) is 18.8 Å². The number of sulfonamides is 1. The van der Waals surface area contributed by atoms with Crippen LogP contribution in [0.5, 0.6) is 5.75 Å². The highest BCUT2D eigenvalue weighted by Crippen LogP contribution is 2.24. The molecule has 2 N–H and O–H groups in total. The normalized spacial score (nSPS) is 11.6. The van der Waals surface area contributed by atoms with Gasteiger partial charge in [-0.3, -0.25) is 9.89 Å². The molecule has 0 aliphatic rings. The van der Waals surface area contributed by atoms with Gasteiger partial charge in [0.15, 0.2) is 5.16 Å². The molecule has 0 saturated heterocycles. The second-order valence-corrected chi connectivity index (χ2v) is 8.80. The third-order valence-electron chi connectivity index (χ3n) is 3.81. The number of nitrogens with one attached hydrogen (secondary N) is 2. The number of ether oxygens (including phenoxy) is 1. The number of carbonyl (C=O) groups excluding carboxylic acids is 1. The number of thioether (sulfide) groups is 1. The summed E-state index contributed by atoms with van der Waals surface area (Å²) in [5.74, 6) is 0.885. The summed E-state index contributed by atoms with van der Waals surface area (Å²) in [4.78, 5) is 16.3. The molecule has 0 fully saturated rings. The molecular weight excluding hydrogens is 402 g/mol. The van der Waals surface area contributed by atoms with Gasteiger partial charge in [0.2, 0.25) is 15.9 Å². The number of aromatic nitrogens is 3. The van der Waals surface area contributed by atoms with Crippen LogP contribution in [-0.4, -0.2) is 65.8 Å². The first-order valence-electron chi connectivity index (χ1n) is 8.87. The molecule has 9 nitrogen and oxygen atoms in total. The van der Waals surface area contributed by atoms with Crippen molar-refractivity contribution in [3.8, 4) is 5.75 Å². The minimum absolute atomic E-state index is 0.143. The summed E-state index contributed by atoms with van der Waals surface area (Å²) in [5, 5.41) is 9.84. The number of aromatic amines is 1. The van der Waals surface area contributed by atoms with Crippen molar-refractivity contribution in [3.05, 3.63) is 30.1 Å². The van der Waals surface area contributed by atoms with Crippen molar-refractivity contribution in [2.24, 2.45) is 0 Å². The summed E-state index contributed by atoms with van der Waals surface area (Å²) in [6.45, 7) is 6.20. The molecule has 0 aliphatic heterocycles. The molecule has 0 spiro atoms. The molecule has 1 aromatic heterocycles. The largest absolute Gasteiger partial charge is 0.494 e. The lowest BCUT2D eigenvalue weighted by Gasteiger charge is -2.20. The number of rotatable bonds is 11. The summed E-state index contributed by atoms with van der Waals surface area (Å²) < 4.78 is 32.4. The molecule has 0 radical (unpaired) electrons. The molecule has 2 aromatic rings. The van der Waals surface area contributed by atoms with E-state index in [4.69, 9.17) is 4.74 Å². The van der Waals surface area contributed by atoms with Crippen molar-refractivity contribution in [2.45, 2.75) is 30.8 Å². The zero-order valence-electron chi connectivity index (χ0n) is 16.1. The van der Waals surface area contributed by atoms with E-state index in [1.807, 2.05) is 6.92 Å². The van der Waals surface area contributed by atoms with Gasteiger partial charge in [-0.15, -0.1) is 0 Å². The average Bonchev–Trinajstić information content (AvgIpc) is 3.18. The van der Waals surface area contributed by atoms with Gasteiger partial charge in [-0.1, -0.05) is 18.7 Å². The molecule has 0 unspecified atom stereocenters. The van der Waals surface area contributed by atoms with Crippen LogP contribution in [0.1, 0.15) is 19.4 Å². The van der Waals surface area contributed by atoms with E-state index in [-0.39, 0.29) is 23.9 Å². The lowest BCUT2D eigenvalue weighted by Crippen LogP contribution is -2.41. The first-order valence-corrected chi connectivity index (χ1v) is 11.3. The van der Waals surface area contributed by atoms with Crippen LogP contribution in [0.2, 0.25) is 0 Å². The summed E-state index contributed by atoms with van der Waals surface area (Å²) in [5.41, 5.74) is 0.730. The summed E-state index contributed by atoms with van der Waals surface area (Å²) in [7, 11) is -3.78. The lowest BCUT2D eigenvalue weighted by atomic mass is 10.2. The molecule has 1 aromatic carbocycles. The second kappa shape index (κ2) is 10.4. The van der Waals surface area contributed by atoms with Crippen LogP contribution in [0.4, 0.5) is 0 Å². The van der Waals surface area contributed by atoms with Gasteiger partial charge in [-0.05, 0) is 37.6 Å². The number of aryl methyl sites for hydroxylation is 1. The Hall–Kier alpha value is -2.11. The number of hydrogen-bond acceptors (Lipinski definition) is 7. The molecule has 11 heteroatoms. The SMILES string of the molecule is CCOc1ccc(S(=O)(=O)N(CC)CC(=O)NCCSc2ncn[nH]2)cc1C. The number of likely N-dealkylation sites (N-methyl/N-ethyl adjacent to an activating group) is 1. The van der Waals surface area contributed by atoms with E-state index in [1.165, 1.54) is 24.2 Å². The van der Waals surface area contributed by atoms with Gasteiger partial charge in [0.1, 0.15) is 12.1 Å². The van der Waals surface area contributed by atoms with E-state index >= 15 is 0 Å². The van der Waals surface area contributed by atoms with Crippen molar-refractivity contribution in [3.63, 3.8) is 0 Å². The minimum atomic E-state index is -3.78. The van der Waals surface area contributed by atoms with E-state index in [0.717, 1.165) is 9.87 Å². The molecule has 1 heterocycles. The highest BCUT2D eigenvalue weighted by molar-refractivity contribution is 7.99. The van der Waals surface area contributed by atoms with Crippen molar-refractivity contribution in [1.82, 2.24) is 24.8 Å². The van der Waals surface area contributed by atoms with Crippen LogP contribution in [0.25, 0.3) is 0 Å². The predicted molar refractivity (Wildman–Crippen MR) is 107 cm³/mol. The first kappa shape index (κ1) is 22.2.